The van der Waals surface area contributed by atoms with Crippen molar-refractivity contribution in [3.05, 3.63) is 0 Å². The molecule has 0 amide bonds. The van der Waals surface area contributed by atoms with Gasteiger partial charge >= 0.3 is 0 Å². The fourth-order valence-corrected chi connectivity index (χ4v) is 1.83. The van der Waals surface area contributed by atoms with Crippen molar-refractivity contribution in [2.45, 2.75) is 18.4 Å². The molecule has 0 aromatic carbocycles. The molecule has 0 aromatic heterocycles. The minimum atomic E-state index is 0.150. The van der Waals surface area contributed by atoms with E-state index in [2.05, 4.69) is 10.6 Å². The molecule has 10 heavy (non-hydrogen) atoms. The Morgan fingerprint density at radius 3 is 2.90 bits per heavy atom. The monoisotopic (exact) mass is 140 g/mol. The van der Waals surface area contributed by atoms with Crippen molar-refractivity contribution >= 4 is 5.78 Å². The number of rotatable bonds is 0. The topological polar surface area (TPSA) is 41.1 Å². The van der Waals surface area contributed by atoms with Gasteiger partial charge in [-0.3, -0.25) is 4.79 Å². The fraction of sp³-hybridized carbons (Fsp3) is 0.857. The fourth-order valence-electron chi connectivity index (χ4n) is 1.83. The van der Waals surface area contributed by atoms with E-state index in [0.717, 1.165) is 25.9 Å². The molecule has 1 unspecified atom stereocenters. The molecule has 56 valence electrons. The van der Waals surface area contributed by atoms with Crippen LogP contribution in [-0.4, -0.2) is 31.0 Å². The predicted molar refractivity (Wildman–Crippen MR) is 37.8 cm³/mol. The van der Waals surface area contributed by atoms with Gasteiger partial charge < -0.3 is 10.6 Å². The molecule has 3 nitrogen and oxygen atoms in total. The lowest BCUT2D eigenvalue weighted by atomic mass is 9.97. The summed E-state index contributed by atoms with van der Waals surface area (Å²) in [6, 6.07) is 0. The third-order valence-electron chi connectivity index (χ3n) is 2.44. The van der Waals surface area contributed by atoms with Gasteiger partial charge in [0.15, 0.2) is 0 Å². The second-order valence-electron chi connectivity index (χ2n) is 3.28. The predicted octanol–water partition coefficient (Wildman–Crippen LogP) is -0.719. The van der Waals surface area contributed by atoms with Gasteiger partial charge in [0.1, 0.15) is 5.78 Å². The molecule has 2 fully saturated rings. The average molecular weight is 140 g/mol. The van der Waals surface area contributed by atoms with Gasteiger partial charge in [-0.1, -0.05) is 0 Å². The highest BCUT2D eigenvalue weighted by atomic mass is 16.1. The van der Waals surface area contributed by atoms with Crippen molar-refractivity contribution in [1.29, 1.82) is 0 Å². The summed E-state index contributed by atoms with van der Waals surface area (Å²) >= 11 is 0. The van der Waals surface area contributed by atoms with Gasteiger partial charge in [-0.05, 0) is 13.0 Å². The number of nitrogens with one attached hydrogen (secondary N) is 2. The Labute approximate surface area is 60.2 Å². The lowest BCUT2D eigenvalue weighted by Gasteiger charge is -2.19. The first-order chi connectivity index (χ1) is 4.81. The normalized spacial score (nSPS) is 39.8. The molecule has 2 aliphatic rings. The Hall–Kier alpha value is -0.410. The Bertz CT molecular complexity index is 161. The molecule has 0 aromatic rings. The highest BCUT2D eigenvalue weighted by Gasteiger charge is 2.39. The van der Waals surface area contributed by atoms with Gasteiger partial charge in [0, 0.05) is 18.5 Å². The summed E-state index contributed by atoms with van der Waals surface area (Å²) in [6.45, 7) is 2.61. The van der Waals surface area contributed by atoms with Crippen LogP contribution < -0.4 is 10.6 Å². The van der Waals surface area contributed by atoms with Crippen LogP contribution in [0, 0.1) is 0 Å². The van der Waals surface area contributed by atoms with Gasteiger partial charge in [-0.15, -0.1) is 0 Å². The van der Waals surface area contributed by atoms with Gasteiger partial charge in [-0.25, -0.2) is 0 Å². The van der Waals surface area contributed by atoms with Crippen molar-refractivity contribution in [3.63, 3.8) is 0 Å². The van der Waals surface area contributed by atoms with Crippen LogP contribution in [0.3, 0.4) is 0 Å². The van der Waals surface area contributed by atoms with Crippen LogP contribution in [0.2, 0.25) is 0 Å². The van der Waals surface area contributed by atoms with Crippen molar-refractivity contribution in [2.24, 2.45) is 0 Å². The number of hydrogen-bond donors (Lipinski definition) is 2. The SMILES string of the molecule is O=C1CNC2(CCNC2)C1. The summed E-state index contributed by atoms with van der Waals surface area (Å²) in [7, 11) is 0. The first-order valence-electron chi connectivity index (χ1n) is 3.78. The van der Waals surface area contributed by atoms with E-state index in [4.69, 9.17) is 0 Å². The van der Waals surface area contributed by atoms with E-state index in [1.807, 2.05) is 0 Å². The van der Waals surface area contributed by atoms with E-state index in [1.54, 1.807) is 0 Å². The number of carbonyl (C=O) groups excluding carboxylic acids is 1. The Morgan fingerprint density at radius 2 is 2.40 bits per heavy atom. The molecule has 0 saturated carbocycles. The van der Waals surface area contributed by atoms with Crippen LogP contribution in [0.4, 0.5) is 0 Å². The molecule has 1 spiro atoms. The van der Waals surface area contributed by atoms with E-state index in [1.165, 1.54) is 0 Å². The zero-order chi connectivity index (χ0) is 7.03. The Balaban J connectivity index is 2.09. The Kier molecular flexibility index (Phi) is 1.28. The van der Waals surface area contributed by atoms with Gasteiger partial charge in [0.2, 0.25) is 0 Å². The molecule has 0 aliphatic carbocycles. The molecular formula is C7H12N2O. The molecule has 0 bridgehead atoms. The van der Waals surface area contributed by atoms with E-state index in [9.17, 15) is 4.79 Å². The maximum Gasteiger partial charge on any atom is 0.148 e. The molecule has 2 rings (SSSR count). The van der Waals surface area contributed by atoms with Crippen LogP contribution in [0.25, 0.3) is 0 Å². The van der Waals surface area contributed by atoms with E-state index >= 15 is 0 Å². The van der Waals surface area contributed by atoms with Crippen LogP contribution in [0.15, 0.2) is 0 Å². The molecule has 0 radical (unpaired) electrons. The van der Waals surface area contributed by atoms with E-state index in [-0.39, 0.29) is 5.54 Å². The van der Waals surface area contributed by atoms with E-state index < -0.39 is 0 Å². The highest BCUT2D eigenvalue weighted by Crippen LogP contribution is 2.23. The Morgan fingerprint density at radius 1 is 1.50 bits per heavy atom. The first-order valence-corrected chi connectivity index (χ1v) is 3.78. The number of hydrogen-bond acceptors (Lipinski definition) is 3. The van der Waals surface area contributed by atoms with Crippen molar-refractivity contribution in [1.82, 2.24) is 10.6 Å². The summed E-state index contributed by atoms with van der Waals surface area (Å²) in [5.74, 6) is 0.365. The maximum atomic E-state index is 10.9. The molecule has 2 aliphatic heterocycles. The standard InChI is InChI=1S/C7H12N2O/c10-6-3-7(9-4-6)1-2-8-5-7/h8-9H,1-5H2. The van der Waals surface area contributed by atoms with Crippen molar-refractivity contribution in [2.75, 3.05) is 19.6 Å². The van der Waals surface area contributed by atoms with Gasteiger partial charge in [0.05, 0.1) is 6.54 Å². The minimum absolute atomic E-state index is 0.150. The van der Waals surface area contributed by atoms with Crippen molar-refractivity contribution < 1.29 is 4.79 Å². The third-order valence-corrected chi connectivity index (χ3v) is 2.44. The molecule has 2 heterocycles. The summed E-state index contributed by atoms with van der Waals surface area (Å²) in [4.78, 5) is 10.9. The quantitative estimate of drug-likeness (QED) is 0.466. The molecule has 2 saturated heterocycles. The minimum Gasteiger partial charge on any atom is -0.315 e. The summed E-state index contributed by atoms with van der Waals surface area (Å²) < 4.78 is 0. The number of Topliss-reactive ketones (excluding diaryl/α,β-unsaturated/α-hetero) is 1. The van der Waals surface area contributed by atoms with Crippen LogP contribution in [0.5, 0.6) is 0 Å². The van der Waals surface area contributed by atoms with Crippen LogP contribution in [0.1, 0.15) is 12.8 Å². The van der Waals surface area contributed by atoms with Crippen molar-refractivity contribution in [3.8, 4) is 0 Å². The average Bonchev–Trinajstić information content (AvgIpc) is 2.46. The lowest BCUT2D eigenvalue weighted by molar-refractivity contribution is -0.116. The molecular weight excluding hydrogens is 128 g/mol. The van der Waals surface area contributed by atoms with Gasteiger partial charge in [0.25, 0.3) is 0 Å². The molecule has 1 atom stereocenters. The zero-order valence-electron chi connectivity index (χ0n) is 5.94. The zero-order valence-corrected chi connectivity index (χ0v) is 5.94. The summed E-state index contributed by atoms with van der Waals surface area (Å²) in [5.41, 5.74) is 0.150. The summed E-state index contributed by atoms with van der Waals surface area (Å²) in [5, 5.41) is 6.53. The second kappa shape index (κ2) is 2.04. The maximum absolute atomic E-state index is 10.9. The highest BCUT2D eigenvalue weighted by molar-refractivity contribution is 5.84. The molecule has 3 heteroatoms. The second-order valence-corrected chi connectivity index (χ2v) is 3.28. The number of ketones is 1. The number of carbonyl (C=O) groups is 1. The van der Waals surface area contributed by atoms with Crippen LogP contribution >= 0.6 is 0 Å². The lowest BCUT2D eigenvalue weighted by Crippen LogP contribution is -2.41. The van der Waals surface area contributed by atoms with Crippen LogP contribution in [-0.2, 0) is 4.79 Å². The first kappa shape index (κ1) is 6.31. The smallest absolute Gasteiger partial charge is 0.148 e. The third kappa shape index (κ3) is 0.859. The largest absolute Gasteiger partial charge is 0.315 e. The van der Waals surface area contributed by atoms with Gasteiger partial charge in [-0.2, -0.15) is 0 Å². The summed E-state index contributed by atoms with van der Waals surface area (Å²) in [6.07, 6.45) is 1.85. The van der Waals surface area contributed by atoms with E-state index in [0.29, 0.717) is 12.3 Å². The molecule has 2 N–H and O–H groups in total.